The van der Waals surface area contributed by atoms with Crippen molar-refractivity contribution in [1.29, 1.82) is 0 Å². The molecule has 0 aromatic rings. The van der Waals surface area contributed by atoms with Crippen LogP contribution in [0.1, 0.15) is 65.7 Å². The molecule has 3 heteroatoms. The highest BCUT2D eigenvalue weighted by atomic mass is 79.9. The van der Waals surface area contributed by atoms with E-state index in [1.54, 1.807) is 0 Å². The maximum atomic E-state index is 13.0. The van der Waals surface area contributed by atoms with Gasteiger partial charge in [-0.1, -0.05) is 29.8 Å². The lowest BCUT2D eigenvalue weighted by Gasteiger charge is -2.60. The van der Waals surface area contributed by atoms with Crippen molar-refractivity contribution in [1.82, 2.24) is 5.32 Å². The van der Waals surface area contributed by atoms with Gasteiger partial charge in [-0.3, -0.25) is 4.79 Å². The highest BCUT2D eigenvalue weighted by Gasteiger charge is 2.59. The summed E-state index contributed by atoms with van der Waals surface area (Å²) in [5.74, 6) is 1.97. The van der Waals surface area contributed by atoms with E-state index in [1.807, 2.05) is 0 Å². The molecule has 0 radical (unpaired) electrons. The molecule has 114 valence electrons. The van der Waals surface area contributed by atoms with Gasteiger partial charge in [-0.05, 0) is 69.1 Å². The lowest BCUT2D eigenvalue weighted by molar-refractivity contribution is -0.156. The van der Waals surface area contributed by atoms with Crippen molar-refractivity contribution in [3.63, 3.8) is 0 Å². The molecule has 2 nitrogen and oxygen atoms in total. The van der Waals surface area contributed by atoms with Gasteiger partial charge >= 0.3 is 0 Å². The maximum absolute atomic E-state index is 13.0. The van der Waals surface area contributed by atoms with Crippen molar-refractivity contribution in [2.75, 3.05) is 5.33 Å². The minimum atomic E-state index is -0.0959. The molecule has 3 unspecified atom stereocenters. The number of carbonyl (C=O) groups excluding carboxylic acids is 1. The topological polar surface area (TPSA) is 29.1 Å². The zero-order valence-corrected chi connectivity index (χ0v) is 14.7. The van der Waals surface area contributed by atoms with Crippen LogP contribution in [0.3, 0.4) is 0 Å². The molecule has 20 heavy (non-hydrogen) atoms. The number of hydrogen-bond donors (Lipinski definition) is 1. The second-order valence-electron chi connectivity index (χ2n) is 8.55. The summed E-state index contributed by atoms with van der Waals surface area (Å²) in [4.78, 5) is 13.0. The van der Waals surface area contributed by atoms with Crippen LogP contribution < -0.4 is 5.32 Å². The van der Waals surface area contributed by atoms with E-state index in [1.165, 1.54) is 19.3 Å². The Balaban J connectivity index is 1.81. The van der Waals surface area contributed by atoms with E-state index in [-0.39, 0.29) is 11.0 Å². The molecule has 3 atom stereocenters. The monoisotopic (exact) mass is 341 g/mol. The van der Waals surface area contributed by atoms with Gasteiger partial charge in [0.25, 0.3) is 0 Å². The summed E-state index contributed by atoms with van der Waals surface area (Å²) in [6, 6.07) is 0. The Morgan fingerprint density at radius 2 is 1.90 bits per heavy atom. The van der Waals surface area contributed by atoms with E-state index in [4.69, 9.17) is 0 Å². The number of halogens is 1. The second-order valence-corrected chi connectivity index (χ2v) is 9.11. The van der Waals surface area contributed by atoms with Crippen LogP contribution in [0.15, 0.2) is 0 Å². The number of rotatable bonds is 4. The predicted molar refractivity (Wildman–Crippen MR) is 85.9 cm³/mol. The molecule has 0 saturated heterocycles. The van der Waals surface area contributed by atoms with Gasteiger partial charge in [0.2, 0.25) is 5.91 Å². The fourth-order valence-corrected chi connectivity index (χ4v) is 6.15. The highest BCUT2D eigenvalue weighted by molar-refractivity contribution is 9.09. The predicted octanol–water partition coefficient (Wildman–Crippen LogP) is 4.27. The molecule has 4 rings (SSSR count). The third kappa shape index (κ3) is 2.34. The van der Waals surface area contributed by atoms with Gasteiger partial charge in [-0.25, -0.2) is 0 Å². The summed E-state index contributed by atoms with van der Waals surface area (Å²) < 4.78 is 0. The summed E-state index contributed by atoms with van der Waals surface area (Å²) in [7, 11) is 0. The first kappa shape index (κ1) is 14.9. The largest absolute Gasteiger partial charge is 0.350 e. The molecule has 1 amide bonds. The van der Waals surface area contributed by atoms with Gasteiger partial charge < -0.3 is 5.32 Å². The molecular formula is C17H28BrNO. The zero-order chi connectivity index (χ0) is 14.6. The van der Waals surface area contributed by atoms with Gasteiger partial charge in [-0.15, -0.1) is 0 Å². The summed E-state index contributed by atoms with van der Waals surface area (Å²) in [6.07, 6.45) is 8.50. The average molecular weight is 342 g/mol. The van der Waals surface area contributed by atoms with Crippen LogP contribution in [0.25, 0.3) is 0 Å². The first-order chi connectivity index (χ1) is 9.32. The minimum absolute atomic E-state index is 0.0442. The maximum Gasteiger partial charge on any atom is 0.226 e. The quantitative estimate of drug-likeness (QED) is 0.760. The van der Waals surface area contributed by atoms with E-state index in [0.717, 1.165) is 42.8 Å². The van der Waals surface area contributed by atoms with Crippen LogP contribution in [0.4, 0.5) is 0 Å². The van der Waals surface area contributed by atoms with Crippen molar-refractivity contribution in [2.45, 2.75) is 71.3 Å². The summed E-state index contributed by atoms with van der Waals surface area (Å²) in [5.41, 5.74) is 0.303. The van der Waals surface area contributed by atoms with E-state index in [0.29, 0.717) is 11.3 Å². The van der Waals surface area contributed by atoms with Crippen LogP contribution in [0.2, 0.25) is 0 Å². The lowest BCUT2D eigenvalue weighted by Crippen LogP contribution is -2.60. The van der Waals surface area contributed by atoms with Crippen LogP contribution in [0, 0.1) is 22.7 Å². The zero-order valence-electron chi connectivity index (χ0n) is 13.1. The first-order valence-corrected chi connectivity index (χ1v) is 9.33. The van der Waals surface area contributed by atoms with Crippen molar-refractivity contribution in [3.8, 4) is 0 Å². The van der Waals surface area contributed by atoms with Crippen molar-refractivity contribution in [2.24, 2.45) is 22.7 Å². The Morgan fingerprint density at radius 3 is 2.35 bits per heavy atom. The number of carbonyl (C=O) groups is 1. The second kappa shape index (κ2) is 4.72. The lowest BCUT2D eigenvalue weighted by atomic mass is 9.44. The number of alkyl halides is 1. The van der Waals surface area contributed by atoms with Gasteiger partial charge in [0.05, 0.1) is 5.41 Å². The third-order valence-corrected chi connectivity index (χ3v) is 7.56. The van der Waals surface area contributed by atoms with E-state index >= 15 is 0 Å². The summed E-state index contributed by atoms with van der Waals surface area (Å²) >= 11 is 3.57. The molecule has 4 aliphatic carbocycles. The Kier molecular flexibility index (Phi) is 3.51. The Bertz CT molecular complexity index is 401. The first-order valence-electron chi connectivity index (χ1n) is 8.21. The van der Waals surface area contributed by atoms with Gasteiger partial charge in [0.15, 0.2) is 0 Å². The van der Waals surface area contributed by atoms with Gasteiger partial charge in [0, 0.05) is 10.9 Å². The standard InChI is InChI=1S/C17H28BrNO/c1-4-16(3,11-18)19-14(20)17-8-12-5-13(9-17)7-15(2,6-12)10-17/h12-13H,4-11H2,1-3H3,(H,19,20). The highest BCUT2D eigenvalue weighted by Crippen LogP contribution is 2.65. The fourth-order valence-electron chi connectivity index (χ4n) is 5.61. The SMILES string of the molecule is CCC(C)(CBr)NC(=O)C12CC3CC(CC(C)(C3)C1)C2. The molecule has 4 aliphatic rings. The van der Waals surface area contributed by atoms with Crippen LogP contribution in [-0.2, 0) is 4.79 Å². The molecule has 4 saturated carbocycles. The smallest absolute Gasteiger partial charge is 0.226 e. The Morgan fingerprint density at radius 1 is 1.30 bits per heavy atom. The molecule has 4 fully saturated rings. The van der Waals surface area contributed by atoms with Crippen molar-refractivity contribution >= 4 is 21.8 Å². The molecule has 0 heterocycles. The third-order valence-electron chi connectivity index (χ3n) is 6.33. The number of hydrogen-bond acceptors (Lipinski definition) is 1. The van der Waals surface area contributed by atoms with E-state index < -0.39 is 0 Å². The molecule has 0 spiro atoms. The van der Waals surface area contributed by atoms with Gasteiger partial charge in [-0.2, -0.15) is 0 Å². The van der Waals surface area contributed by atoms with Crippen molar-refractivity contribution < 1.29 is 4.79 Å². The average Bonchev–Trinajstić information content (AvgIpc) is 2.35. The Labute approximate surface area is 131 Å². The molecule has 0 aromatic carbocycles. The molecule has 0 aromatic heterocycles. The van der Waals surface area contributed by atoms with Crippen LogP contribution >= 0.6 is 15.9 Å². The van der Waals surface area contributed by atoms with E-state index in [9.17, 15) is 4.79 Å². The van der Waals surface area contributed by atoms with E-state index in [2.05, 4.69) is 42.0 Å². The molecule has 0 aliphatic heterocycles. The number of amides is 1. The summed E-state index contributed by atoms with van der Waals surface area (Å²) in [5, 5.41) is 4.22. The minimum Gasteiger partial charge on any atom is -0.350 e. The van der Waals surface area contributed by atoms with Crippen LogP contribution in [0.5, 0.6) is 0 Å². The molecular weight excluding hydrogens is 314 g/mol. The Hall–Kier alpha value is -0.0500. The summed E-state index contributed by atoms with van der Waals surface area (Å²) in [6.45, 7) is 6.74. The molecule has 1 N–H and O–H groups in total. The van der Waals surface area contributed by atoms with Crippen molar-refractivity contribution in [3.05, 3.63) is 0 Å². The molecule has 4 bridgehead atoms. The van der Waals surface area contributed by atoms with Gasteiger partial charge in [0.1, 0.15) is 0 Å². The van der Waals surface area contributed by atoms with Crippen LogP contribution in [-0.4, -0.2) is 16.8 Å². The fraction of sp³-hybridized carbons (Fsp3) is 0.941. The normalized spacial score (nSPS) is 45.2. The number of nitrogens with one attached hydrogen (secondary N) is 1.